The summed E-state index contributed by atoms with van der Waals surface area (Å²) in [6.07, 6.45) is 1.19. The first-order valence-corrected chi connectivity index (χ1v) is 5.22. The van der Waals surface area contributed by atoms with E-state index in [2.05, 4.69) is 24.1 Å². The van der Waals surface area contributed by atoms with Gasteiger partial charge in [0.05, 0.1) is 11.6 Å². The summed E-state index contributed by atoms with van der Waals surface area (Å²) in [6, 6.07) is 5.60. The van der Waals surface area contributed by atoms with Gasteiger partial charge in [0.2, 0.25) is 0 Å². The maximum atomic E-state index is 5.63. The van der Waals surface area contributed by atoms with Crippen LogP contribution in [0.2, 0.25) is 0 Å². The van der Waals surface area contributed by atoms with Gasteiger partial charge < -0.3 is 15.8 Å². The molecule has 4 heteroatoms. The molecule has 82 valence electrons. The zero-order chi connectivity index (χ0) is 10.9. The Balaban J connectivity index is 2.14. The minimum atomic E-state index is -0.0409. The lowest BCUT2D eigenvalue weighted by Crippen LogP contribution is -2.41. The van der Waals surface area contributed by atoms with Crippen molar-refractivity contribution in [3.8, 4) is 0 Å². The molecular formula is C11H17N3O. The Labute approximate surface area is 89.8 Å². The molecule has 4 nitrogen and oxygen atoms in total. The van der Waals surface area contributed by atoms with Crippen molar-refractivity contribution in [3.05, 3.63) is 18.2 Å². The van der Waals surface area contributed by atoms with E-state index in [1.54, 1.807) is 6.07 Å². The Bertz CT molecular complexity index is 355. The van der Waals surface area contributed by atoms with Crippen molar-refractivity contribution in [2.75, 3.05) is 17.7 Å². The van der Waals surface area contributed by atoms with Crippen LogP contribution in [0.25, 0.3) is 0 Å². The van der Waals surface area contributed by atoms with Crippen molar-refractivity contribution < 1.29 is 4.74 Å². The molecule has 0 aliphatic carbocycles. The molecule has 0 spiro atoms. The zero-order valence-electron chi connectivity index (χ0n) is 9.16. The van der Waals surface area contributed by atoms with E-state index in [1.165, 1.54) is 0 Å². The van der Waals surface area contributed by atoms with Gasteiger partial charge in [-0.3, -0.25) is 0 Å². The number of nitrogens with two attached hydrogens (primary N) is 1. The van der Waals surface area contributed by atoms with Crippen LogP contribution in [0.4, 0.5) is 11.6 Å². The van der Waals surface area contributed by atoms with Crippen molar-refractivity contribution >= 4 is 11.6 Å². The van der Waals surface area contributed by atoms with Crippen LogP contribution in [0.3, 0.4) is 0 Å². The van der Waals surface area contributed by atoms with E-state index in [4.69, 9.17) is 10.5 Å². The second kappa shape index (κ2) is 3.70. The number of aromatic nitrogens is 1. The standard InChI is InChI=1S/C11H17N3O/c1-8-11(2,6-7-15-8)14-10-5-3-4-9(12)13-10/h3-5,8H,6-7H2,1-2H3,(H3,12,13,14). The van der Waals surface area contributed by atoms with Crippen molar-refractivity contribution in [2.45, 2.75) is 31.9 Å². The number of anilines is 2. The molecule has 0 saturated carbocycles. The molecule has 0 amide bonds. The summed E-state index contributed by atoms with van der Waals surface area (Å²) in [5.41, 5.74) is 5.59. The van der Waals surface area contributed by atoms with Crippen molar-refractivity contribution in [1.82, 2.24) is 4.98 Å². The Morgan fingerprint density at radius 3 is 3.00 bits per heavy atom. The minimum absolute atomic E-state index is 0.0409. The molecule has 1 saturated heterocycles. The van der Waals surface area contributed by atoms with E-state index >= 15 is 0 Å². The number of nitrogens with one attached hydrogen (secondary N) is 1. The second-order valence-electron chi connectivity index (χ2n) is 4.25. The van der Waals surface area contributed by atoms with Gasteiger partial charge in [0.25, 0.3) is 0 Å². The fourth-order valence-electron chi connectivity index (χ4n) is 1.81. The predicted molar refractivity (Wildman–Crippen MR) is 60.7 cm³/mol. The first-order valence-electron chi connectivity index (χ1n) is 5.22. The lowest BCUT2D eigenvalue weighted by atomic mass is 9.95. The summed E-state index contributed by atoms with van der Waals surface area (Å²) in [5, 5.41) is 3.39. The highest BCUT2D eigenvalue weighted by atomic mass is 16.5. The lowest BCUT2D eigenvalue weighted by Gasteiger charge is -2.29. The number of nitrogen functional groups attached to an aromatic ring is 1. The highest BCUT2D eigenvalue weighted by molar-refractivity contribution is 5.44. The molecule has 2 unspecified atom stereocenters. The predicted octanol–water partition coefficient (Wildman–Crippen LogP) is 1.64. The maximum Gasteiger partial charge on any atom is 0.128 e. The van der Waals surface area contributed by atoms with Gasteiger partial charge in [-0.25, -0.2) is 4.98 Å². The molecule has 15 heavy (non-hydrogen) atoms. The van der Waals surface area contributed by atoms with Crippen LogP contribution in [0.5, 0.6) is 0 Å². The number of nitrogens with zero attached hydrogens (tertiary/aromatic N) is 1. The second-order valence-corrected chi connectivity index (χ2v) is 4.25. The third kappa shape index (κ3) is 2.04. The average molecular weight is 207 g/mol. The molecule has 3 N–H and O–H groups in total. The normalized spacial score (nSPS) is 30.4. The minimum Gasteiger partial charge on any atom is -0.384 e. The van der Waals surface area contributed by atoms with Gasteiger partial charge in [-0.2, -0.15) is 0 Å². The Kier molecular flexibility index (Phi) is 2.52. The summed E-state index contributed by atoms with van der Waals surface area (Å²) >= 11 is 0. The number of ether oxygens (including phenoxy) is 1. The highest BCUT2D eigenvalue weighted by Crippen LogP contribution is 2.28. The Hall–Kier alpha value is -1.29. The Morgan fingerprint density at radius 2 is 2.40 bits per heavy atom. The van der Waals surface area contributed by atoms with Crippen LogP contribution in [-0.4, -0.2) is 23.2 Å². The van der Waals surface area contributed by atoms with Gasteiger partial charge in [-0.1, -0.05) is 6.07 Å². The summed E-state index contributed by atoms with van der Waals surface area (Å²) in [4.78, 5) is 4.23. The molecule has 1 aliphatic rings. The van der Waals surface area contributed by atoms with E-state index in [9.17, 15) is 0 Å². The summed E-state index contributed by atoms with van der Waals surface area (Å²) in [7, 11) is 0. The summed E-state index contributed by atoms with van der Waals surface area (Å²) < 4.78 is 5.55. The first kappa shape index (κ1) is 10.2. The number of hydrogen-bond acceptors (Lipinski definition) is 4. The van der Waals surface area contributed by atoms with E-state index < -0.39 is 0 Å². The van der Waals surface area contributed by atoms with Crippen molar-refractivity contribution in [2.24, 2.45) is 0 Å². The van der Waals surface area contributed by atoms with Crippen LogP contribution < -0.4 is 11.1 Å². The molecular weight excluding hydrogens is 190 g/mol. The molecule has 1 aromatic heterocycles. The zero-order valence-corrected chi connectivity index (χ0v) is 9.16. The van der Waals surface area contributed by atoms with Gasteiger partial charge >= 0.3 is 0 Å². The van der Waals surface area contributed by atoms with Crippen molar-refractivity contribution in [1.29, 1.82) is 0 Å². The SMILES string of the molecule is CC1OCCC1(C)Nc1cccc(N)n1. The topological polar surface area (TPSA) is 60.2 Å². The van der Waals surface area contributed by atoms with Gasteiger partial charge in [0.1, 0.15) is 11.6 Å². The molecule has 2 heterocycles. The highest BCUT2D eigenvalue weighted by Gasteiger charge is 2.37. The molecule has 0 bridgehead atoms. The molecule has 0 radical (unpaired) electrons. The maximum absolute atomic E-state index is 5.63. The molecule has 2 rings (SSSR count). The van der Waals surface area contributed by atoms with Crippen LogP contribution in [-0.2, 0) is 4.74 Å². The van der Waals surface area contributed by atoms with E-state index in [1.807, 2.05) is 12.1 Å². The molecule has 0 aromatic carbocycles. The third-order valence-corrected chi connectivity index (χ3v) is 3.07. The van der Waals surface area contributed by atoms with Gasteiger partial charge in [-0.05, 0) is 32.4 Å². The van der Waals surface area contributed by atoms with Crippen LogP contribution >= 0.6 is 0 Å². The van der Waals surface area contributed by atoms with E-state index in [0.29, 0.717) is 5.82 Å². The number of hydrogen-bond donors (Lipinski definition) is 2. The molecule has 1 aliphatic heterocycles. The largest absolute Gasteiger partial charge is 0.384 e. The molecule has 1 aromatic rings. The fourth-order valence-corrected chi connectivity index (χ4v) is 1.81. The van der Waals surface area contributed by atoms with Crippen LogP contribution in [0.1, 0.15) is 20.3 Å². The molecule has 1 fully saturated rings. The number of rotatable bonds is 2. The fraction of sp³-hybridized carbons (Fsp3) is 0.545. The van der Waals surface area contributed by atoms with Gasteiger partial charge in [-0.15, -0.1) is 0 Å². The van der Waals surface area contributed by atoms with Crippen LogP contribution in [0.15, 0.2) is 18.2 Å². The molecule has 2 atom stereocenters. The van der Waals surface area contributed by atoms with E-state index in [-0.39, 0.29) is 11.6 Å². The average Bonchev–Trinajstić information content (AvgIpc) is 2.47. The quantitative estimate of drug-likeness (QED) is 0.774. The van der Waals surface area contributed by atoms with E-state index in [0.717, 1.165) is 18.8 Å². The monoisotopic (exact) mass is 207 g/mol. The van der Waals surface area contributed by atoms with Gasteiger partial charge in [0.15, 0.2) is 0 Å². The summed E-state index contributed by atoms with van der Waals surface area (Å²) in [5.74, 6) is 1.35. The summed E-state index contributed by atoms with van der Waals surface area (Å²) in [6.45, 7) is 5.02. The van der Waals surface area contributed by atoms with Gasteiger partial charge in [0, 0.05) is 6.61 Å². The first-order chi connectivity index (χ1) is 7.10. The third-order valence-electron chi connectivity index (χ3n) is 3.07. The number of pyridine rings is 1. The lowest BCUT2D eigenvalue weighted by molar-refractivity contribution is 0.105. The van der Waals surface area contributed by atoms with Crippen molar-refractivity contribution in [3.63, 3.8) is 0 Å². The van der Waals surface area contributed by atoms with Crippen LogP contribution in [0, 0.1) is 0 Å². The Morgan fingerprint density at radius 1 is 1.60 bits per heavy atom. The smallest absolute Gasteiger partial charge is 0.128 e.